The van der Waals surface area contributed by atoms with Crippen LogP contribution in [0.15, 0.2) is 53.4 Å². The maximum atomic E-state index is 12.9. The number of ether oxygens (including phenoxy) is 1. The van der Waals surface area contributed by atoms with E-state index in [1.165, 1.54) is 0 Å². The monoisotopic (exact) mass is 416 g/mol. The zero-order chi connectivity index (χ0) is 21.0. The van der Waals surface area contributed by atoms with E-state index >= 15 is 0 Å². The Kier molecular flexibility index (Phi) is 6.59. The highest BCUT2D eigenvalue weighted by atomic mass is 32.2. The SMILES string of the molecule is COc1ccc(CC(=O)Nc2ccc(S(=O)(=O)N3CC(C)CC(C)C3)cc2)cc1. The molecule has 0 aliphatic carbocycles. The van der Waals surface area contributed by atoms with Gasteiger partial charge < -0.3 is 10.1 Å². The van der Waals surface area contributed by atoms with Gasteiger partial charge in [0, 0.05) is 18.8 Å². The van der Waals surface area contributed by atoms with Gasteiger partial charge in [-0.3, -0.25) is 4.79 Å². The van der Waals surface area contributed by atoms with E-state index in [-0.39, 0.29) is 17.2 Å². The Labute approximate surface area is 172 Å². The molecule has 2 atom stereocenters. The van der Waals surface area contributed by atoms with Gasteiger partial charge >= 0.3 is 0 Å². The summed E-state index contributed by atoms with van der Waals surface area (Å²) in [5.74, 6) is 1.28. The summed E-state index contributed by atoms with van der Waals surface area (Å²) in [5, 5.41) is 2.81. The molecular formula is C22H28N2O4S. The fourth-order valence-electron chi connectivity index (χ4n) is 3.80. The molecule has 7 heteroatoms. The van der Waals surface area contributed by atoms with Crippen LogP contribution >= 0.6 is 0 Å². The molecule has 2 aromatic rings. The number of anilines is 1. The van der Waals surface area contributed by atoms with E-state index in [9.17, 15) is 13.2 Å². The molecule has 1 aliphatic rings. The van der Waals surface area contributed by atoms with Gasteiger partial charge in [-0.2, -0.15) is 4.31 Å². The Morgan fingerprint density at radius 1 is 1.03 bits per heavy atom. The first kappa shape index (κ1) is 21.3. The minimum absolute atomic E-state index is 0.163. The van der Waals surface area contributed by atoms with Gasteiger partial charge in [0.2, 0.25) is 15.9 Å². The molecule has 0 saturated carbocycles. The summed E-state index contributed by atoms with van der Waals surface area (Å²) in [4.78, 5) is 12.5. The van der Waals surface area contributed by atoms with Gasteiger partial charge in [0.05, 0.1) is 18.4 Å². The lowest BCUT2D eigenvalue weighted by molar-refractivity contribution is -0.115. The molecule has 0 radical (unpaired) electrons. The van der Waals surface area contributed by atoms with E-state index in [0.29, 0.717) is 30.6 Å². The van der Waals surface area contributed by atoms with Gasteiger partial charge in [0.1, 0.15) is 5.75 Å². The number of carbonyl (C=O) groups is 1. The Hall–Kier alpha value is -2.38. The maximum absolute atomic E-state index is 12.9. The van der Waals surface area contributed by atoms with Crippen LogP contribution in [0, 0.1) is 11.8 Å². The van der Waals surface area contributed by atoms with Crippen LogP contribution in [-0.2, 0) is 21.2 Å². The number of sulfonamides is 1. The average Bonchev–Trinajstić information content (AvgIpc) is 2.68. The van der Waals surface area contributed by atoms with Crippen molar-refractivity contribution in [3.63, 3.8) is 0 Å². The van der Waals surface area contributed by atoms with Crippen LogP contribution in [0.4, 0.5) is 5.69 Å². The molecule has 1 saturated heterocycles. The predicted octanol–water partition coefficient (Wildman–Crippen LogP) is 3.54. The number of hydrogen-bond donors (Lipinski definition) is 1. The van der Waals surface area contributed by atoms with Crippen LogP contribution in [0.5, 0.6) is 5.75 Å². The van der Waals surface area contributed by atoms with Crippen molar-refractivity contribution in [1.82, 2.24) is 4.31 Å². The lowest BCUT2D eigenvalue weighted by Gasteiger charge is -2.34. The van der Waals surface area contributed by atoms with Crippen LogP contribution in [-0.4, -0.2) is 38.8 Å². The predicted molar refractivity (Wildman–Crippen MR) is 113 cm³/mol. The summed E-state index contributed by atoms with van der Waals surface area (Å²) in [7, 11) is -1.92. The topological polar surface area (TPSA) is 75.7 Å². The van der Waals surface area contributed by atoms with Gasteiger partial charge in [0.25, 0.3) is 0 Å². The zero-order valence-electron chi connectivity index (χ0n) is 17.1. The molecule has 2 aromatic carbocycles. The Bertz CT molecular complexity index is 930. The molecule has 0 aromatic heterocycles. The first-order valence-corrected chi connectivity index (χ1v) is 11.2. The van der Waals surface area contributed by atoms with Gasteiger partial charge in [-0.05, 0) is 60.2 Å². The number of amides is 1. The highest BCUT2D eigenvalue weighted by molar-refractivity contribution is 7.89. The third-order valence-electron chi connectivity index (χ3n) is 5.13. The summed E-state index contributed by atoms with van der Waals surface area (Å²) in [6, 6.07) is 13.7. The van der Waals surface area contributed by atoms with Crippen molar-refractivity contribution in [3.8, 4) is 5.75 Å². The van der Waals surface area contributed by atoms with Crippen molar-refractivity contribution < 1.29 is 17.9 Å². The molecule has 0 spiro atoms. The first-order valence-electron chi connectivity index (χ1n) is 9.81. The second-order valence-corrected chi connectivity index (χ2v) is 9.80. The zero-order valence-corrected chi connectivity index (χ0v) is 17.9. The second-order valence-electron chi connectivity index (χ2n) is 7.87. The Morgan fingerprint density at radius 3 is 2.17 bits per heavy atom. The molecule has 1 heterocycles. The second kappa shape index (κ2) is 8.97. The first-order chi connectivity index (χ1) is 13.8. The Balaban J connectivity index is 1.63. The van der Waals surface area contributed by atoms with Gasteiger partial charge in [-0.1, -0.05) is 26.0 Å². The van der Waals surface area contributed by atoms with Crippen molar-refractivity contribution in [2.24, 2.45) is 11.8 Å². The molecule has 1 N–H and O–H groups in total. The molecule has 0 bridgehead atoms. The van der Waals surface area contributed by atoms with Crippen LogP contribution in [0.1, 0.15) is 25.8 Å². The molecule has 3 rings (SSSR count). The van der Waals surface area contributed by atoms with Crippen molar-refractivity contribution in [2.75, 3.05) is 25.5 Å². The number of nitrogens with one attached hydrogen (secondary N) is 1. The summed E-state index contributed by atoms with van der Waals surface area (Å²) in [6.07, 6.45) is 1.28. The molecule has 2 unspecified atom stereocenters. The molecule has 1 amide bonds. The number of nitrogens with zero attached hydrogens (tertiary/aromatic N) is 1. The summed E-state index contributed by atoms with van der Waals surface area (Å²) < 4.78 is 32.6. The van der Waals surface area contributed by atoms with Crippen LogP contribution in [0.2, 0.25) is 0 Å². The van der Waals surface area contributed by atoms with Crippen molar-refractivity contribution in [2.45, 2.75) is 31.6 Å². The smallest absolute Gasteiger partial charge is 0.243 e. The average molecular weight is 417 g/mol. The highest BCUT2D eigenvalue weighted by Crippen LogP contribution is 2.27. The molecule has 1 fully saturated rings. The van der Waals surface area contributed by atoms with Gasteiger partial charge in [-0.25, -0.2) is 8.42 Å². The number of carbonyl (C=O) groups excluding carboxylic acids is 1. The number of benzene rings is 2. The molecule has 29 heavy (non-hydrogen) atoms. The fourth-order valence-corrected chi connectivity index (χ4v) is 5.47. The van der Waals surface area contributed by atoms with Crippen LogP contribution in [0.3, 0.4) is 0 Å². The molecular weight excluding hydrogens is 388 g/mol. The van der Waals surface area contributed by atoms with E-state index in [0.717, 1.165) is 17.7 Å². The summed E-state index contributed by atoms with van der Waals surface area (Å²) in [6.45, 7) is 5.26. The minimum atomic E-state index is -3.52. The van der Waals surface area contributed by atoms with E-state index < -0.39 is 10.0 Å². The lowest BCUT2D eigenvalue weighted by atomic mass is 9.94. The van der Waals surface area contributed by atoms with Gasteiger partial charge in [0.15, 0.2) is 0 Å². The Morgan fingerprint density at radius 2 is 1.62 bits per heavy atom. The van der Waals surface area contributed by atoms with Crippen molar-refractivity contribution in [3.05, 3.63) is 54.1 Å². The third kappa shape index (κ3) is 5.36. The fraction of sp³-hybridized carbons (Fsp3) is 0.409. The standard InChI is InChI=1S/C22H28N2O4S/c1-16-12-17(2)15-24(14-16)29(26,27)21-10-6-19(7-11-21)23-22(25)13-18-4-8-20(28-3)9-5-18/h4-11,16-17H,12-15H2,1-3H3,(H,23,25). The van der Waals surface area contributed by atoms with Gasteiger partial charge in [-0.15, -0.1) is 0 Å². The number of methoxy groups -OCH3 is 1. The lowest BCUT2D eigenvalue weighted by Crippen LogP contribution is -2.42. The van der Waals surface area contributed by atoms with Crippen molar-refractivity contribution in [1.29, 1.82) is 0 Å². The van der Waals surface area contributed by atoms with Crippen LogP contribution < -0.4 is 10.1 Å². The van der Waals surface area contributed by atoms with Crippen LogP contribution in [0.25, 0.3) is 0 Å². The quantitative estimate of drug-likeness (QED) is 0.781. The number of rotatable bonds is 6. The van der Waals surface area contributed by atoms with E-state index in [1.54, 1.807) is 35.7 Å². The third-order valence-corrected chi connectivity index (χ3v) is 6.98. The minimum Gasteiger partial charge on any atom is -0.497 e. The van der Waals surface area contributed by atoms with E-state index in [4.69, 9.17) is 4.74 Å². The largest absolute Gasteiger partial charge is 0.497 e. The molecule has 1 aliphatic heterocycles. The highest BCUT2D eigenvalue weighted by Gasteiger charge is 2.31. The summed E-state index contributed by atoms with van der Waals surface area (Å²) >= 11 is 0. The number of piperidine rings is 1. The number of hydrogen-bond acceptors (Lipinski definition) is 4. The van der Waals surface area contributed by atoms with E-state index in [1.807, 2.05) is 24.3 Å². The molecule has 6 nitrogen and oxygen atoms in total. The normalized spacial score (nSPS) is 20.2. The molecule has 156 valence electrons. The maximum Gasteiger partial charge on any atom is 0.243 e. The summed E-state index contributed by atoms with van der Waals surface area (Å²) in [5.41, 5.74) is 1.44. The van der Waals surface area contributed by atoms with E-state index in [2.05, 4.69) is 19.2 Å². The van der Waals surface area contributed by atoms with Crippen molar-refractivity contribution >= 4 is 21.6 Å².